The Morgan fingerprint density at radius 1 is 0.436 bits per heavy atom. The smallest absolute Gasteiger partial charge is 0.410 e. The first kappa shape index (κ1) is 85.0. The molecule has 3 saturated heterocycles. The van der Waals surface area contributed by atoms with Gasteiger partial charge in [-0.1, -0.05) is 136 Å². The summed E-state index contributed by atoms with van der Waals surface area (Å²) in [6.07, 6.45) is 4.65. The van der Waals surface area contributed by atoms with E-state index in [1.54, 1.807) is 65.6 Å². The lowest BCUT2D eigenvalue weighted by molar-refractivity contribution is 0.0240. The molecular formula is C82H79Cl6F6N15O5S3. The summed E-state index contributed by atoms with van der Waals surface area (Å²) in [4.78, 5) is 84.7. The third-order valence-corrected chi connectivity index (χ3v) is 25.5. The summed E-state index contributed by atoms with van der Waals surface area (Å²) in [7, 11) is 0. The molecule has 1 saturated carbocycles. The number of halogens is 12. The van der Waals surface area contributed by atoms with Gasteiger partial charge in [0.1, 0.15) is 55.6 Å². The van der Waals surface area contributed by atoms with Crippen LogP contribution in [0.1, 0.15) is 77.4 Å². The minimum Gasteiger partial charge on any atom is -0.444 e. The maximum atomic E-state index is 14.7. The molecule has 117 heavy (non-hydrogen) atoms. The summed E-state index contributed by atoms with van der Waals surface area (Å²) >= 11 is 42.3. The normalized spacial score (nSPS) is 16.7. The molecule has 6 aromatic carbocycles. The lowest BCUT2D eigenvalue weighted by Crippen LogP contribution is -2.50. The van der Waals surface area contributed by atoms with Gasteiger partial charge in [-0.05, 0) is 138 Å². The number of rotatable bonds is 14. The standard InChI is InChI=1S/C28H27Cl2F2N5O3S.C28H27Cl2F2N5OS.C26H25Cl2F2N5OS/c1-28(2,3)40-27(39)36-11-9-35(10-12-36)22-14-21-20(34-25(22)41-23-8-7-16(31)13-19(23)32)15-33-26(38)37(21)24-17(29)5-4-6-18(24)30;29-19-6-3-7-20(30)26(19)37-23-15-24(36-12-10-35(11-13-36)18-4-1-2-5-18)27(34-22(23)16-33-28(37)38)39-25-9-8-17(31)14-21(25)32;1-15(2)33-8-10-34(11-9-33)22-13-21-20(32-25(22)37-23-7-6-16(29)12-19(23)30)14-31-26(36)35(21)24-17(27)4-3-5-18(24)28/h4-8,13-14H,9-12,15H2,1-3H3,(H,33,38);3,6-9,14-15,18H,1-2,4-5,10-13,16H2,(H,33,38);3-7,12-13,15H,8-11,14H2,1-2H3,(H,31,36). The number of carbonyl (C=O) groups excluding carboxylic acids is 4. The fraction of sp³-hybridized carbons (Fsp3) is 0.329. The second-order valence-corrected chi connectivity index (χ2v) is 35.1. The number of carbonyl (C=O) groups is 4. The Labute approximate surface area is 715 Å². The first-order valence-corrected chi connectivity index (χ1v) is 42.5. The number of pyridine rings is 3. The molecule has 16 rings (SSSR count). The molecule has 9 heterocycles. The molecule has 3 N–H and O–H groups in total. The highest BCUT2D eigenvalue weighted by atomic mass is 35.5. The summed E-state index contributed by atoms with van der Waals surface area (Å²) in [5.74, 6) is -3.97. The Morgan fingerprint density at radius 3 is 1.04 bits per heavy atom. The molecule has 0 bridgehead atoms. The van der Waals surface area contributed by atoms with E-state index in [4.69, 9.17) is 89.3 Å². The minimum absolute atomic E-state index is 0.124. The van der Waals surface area contributed by atoms with Crippen molar-refractivity contribution in [3.8, 4) is 0 Å². The molecule has 0 atom stereocenters. The SMILES string of the molecule is CC(C)(C)OC(=O)N1CCN(c2cc3c(nc2Sc2ccc(F)cc2F)CNC(=O)N3c2c(Cl)cccc2Cl)CC1.CC(C)N1CCN(c2cc3c(nc2Sc2ccc(F)cc2F)CNC(=O)N3c2c(Cl)cccc2Cl)CC1.O=C1NCc2nc(Sc3ccc(F)cc3F)c(N3CCN(C4CCCC4)CC3)cc2N1c1c(Cl)cccc1Cl. The highest BCUT2D eigenvalue weighted by molar-refractivity contribution is 8.00. The molecule has 6 aliphatic heterocycles. The number of para-hydroxylation sites is 3. The van der Waals surface area contributed by atoms with Crippen LogP contribution in [0.15, 0.2) is 157 Å². The van der Waals surface area contributed by atoms with Crippen molar-refractivity contribution >= 4 is 180 Å². The lowest BCUT2D eigenvalue weighted by atomic mass is 10.1. The number of fused-ring (bicyclic) bond motifs is 3. The van der Waals surface area contributed by atoms with Crippen LogP contribution in [-0.2, 0) is 24.4 Å². The van der Waals surface area contributed by atoms with Crippen molar-refractivity contribution in [3.05, 3.63) is 210 Å². The van der Waals surface area contributed by atoms with Crippen LogP contribution in [0.2, 0.25) is 30.1 Å². The number of nitrogens with one attached hydrogen (secondary N) is 3. The molecule has 9 aromatic rings. The van der Waals surface area contributed by atoms with Gasteiger partial charge in [0.25, 0.3) is 0 Å². The van der Waals surface area contributed by atoms with Gasteiger partial charge in [0.05, 0.1) is 118 Å². The van der Waals surface area contributed by atoms with Crippen molar-refractivity contribution in [3.63, 3.8) is 0 Å². The average molecular weight is 1780 g/mol. The van der Waals surface area contributed by atoms with Crippen LogP contribution in [0.4, 0.5) is 96.7 Å². The van der Waals surface area contributed by atoms with Gasteiger partial charge < -0.3 is 40.3 Å². The van der Waals surface area contributed by atoms with Crippen LogP contribution < -0.4 is 45.3 Å². The van der Waals surface area contributed by atoms with Gasteiger partial charge in [-0.3, -0.25) is 24.5 Å². The van der Waals surface area contributed by atoms with Gasteiger partial charge in [-0.15, -0.1) is 0 Å². The number of benzene rings is 6. The number of anilines is 9. The van der Waals surface area contributed by atoms with Crippen LogP contribution in [0.25, 0.3) is 0 Å². The zero-order chi connectivity index (χ0) is 82.8. The van der Waals surface area contributed by atoms with Crippen LogP contribution in [-0.4, -0.2) is 150 Å². The predicted octanol–water partition coefficient (Wildman–Crippen LogP) is 21.2. The van der Waals surface area contributed by atoms with Crippen LogP contribution in [0, 0.1) is 34.9 Å². The van der Waals surface area contributed by atoms with E-state index < -0.39 is 52.6 Å². The molecule has 7 aliphatic rings. The molecule has 4 fully saturated rings. The maximum Gasteiger partial charge on any atom is 0.410 e. The van der Waals surface area contributed by atoms with Gasteiger partial charge in [0.15, 0.2) is 0 Å². The van der Waals surface area contributed by atoms with E-state index in [2.05, 4.69) is 49.4 Å². The van der Waals surface area contributed by atoms with E-state index in [9.17, 15) is 45.5 Å². The number of piperazine rings is 3. The van der Waals surface area contributed by atoms with Gasteiger partial charge in [0.2, 0.25) is 0 Å². The molecule has 35 heteroatoms. The van der Waals surface area contributed by atoms with E-state index >= 15 is 0 Å². The first-order valence-electron chi connectivity index (χ1n) is 37.8. The van der Waals surface area contributed by atoms with Gasteiger partial charge in [-0.2, -0.15) is 0 Å². The predicted molar refractivity (Wildman–Crippen MR) is 452 cm³/mol. The molecule has 614 valence electrons. The highest BCUT2D eigenvalue weighted by Crippen LogP contribution is 2.50. The van der Waals surface area contributed by atoms with E-state index in [1.807, 2.05) is 37.8 Å². The molecular weight excluding hydrogens is 1700 g/mol. The summed E-state index contributed by atoms with van der Waals surface area (Å²) in [6, 6.07) is 31.0. The zero-order valence-electron chi connectivity index (χ0n) is 63.9. The van der Waals surface area contributed by atoms with Crippen molar-refractivity contribution in [2.45, 2.75) is 127 Å². The largest absolute Gasteiger partial charge is 0.444 e. The molecule has 7 amide bonds. The summed E-state index contributed by atoms with van der Waals surface area (Å²) in [6.45, 7) is 18.4. The number of amides is 7. The van der Waals surface area contributed by atoms with Crippen molar-refractivity contribution in [1.29, 1.82) is 0 Å². The van der Waals surface area contributed by atoms with Gasteiger partial charge in [-0.25, -0.2) is 60.5 Å². The number of urea groups is 3. The Hall–Kier alpha value is -8.46. The monoisotopic (exact) mass is 1770 g/mol. The third kappa shape index (κ3) is 19.2. The highest BCUT2D eigenvalue weighted by Gasteiger charge is 2.39. The van der Waals surface area contributed by atoms with Crippen LogP contribution in [0.3, 0.4) is 0 Å². The fourth-order valence-corrected chi connectivity index (χ4v) is 19.3. The van der Waals surface area contributed by atoms with Gasteiger partial charge in [0, 0.05) is 124 Å². The second-order valence-electron chi connectivity index (χ2n) is 29.6. The fourth-order valence-electron chi connectivity index (χ4n) is 14.7. The van der Waals surface area contributed by atoms with Crippen molar-refractivity contribution in [2.24, 2.45) is 0 Å². The first-order chi connectivity index (χ1) is 56.0. The summed E-state index contributed by atoms with van der Waals surface area (Å²) < 4.78 is 90.3. The number of ether oxygens (including phenoxy) is 1. The quantitative estimate of drug-likeness (QED) is 0.0874. The van der Waals surface area contributed by atoms with Crippen LogP contribution in [0.5, 0.6) is 0 Å². The van der Waals surface area contributed by atoms with Crippen LogP contribution >= 0.6 is 105 Å². The molecule has 0 radical (unpaired) electrons. The minimum atomic E-state index is -0.715. The number of hydrogen-bond acceptors (Lipinski definition) is 16. The van der Waals surface area contributed by atoms with E-state index in [0.717, 1.165) is 117 Å². The van der Waals surface area contributed by atoms with Gasteiger partial charge >= 0.3 is 24.2 Å². The van der Waals surface area contributed by atoms with Crippen molar-refractivity contribution < 1.29 is 50.3 Å². The molecule has 1 aliphatic carbocycles. The summed E-state index contributed by atoms with van der Waals surface area (Å²) in [5, 5.41) is 12.0. The average Bonchev–Trinajstić information content (AvgIpc) is 1.08. The molecule has 20 nitrogen and oxygen atoms in total. The topological polar surface area (TPSA) is 181 Å². The molecule has 0 spiro atoms. The van der Waals surface area contributed by atoms with E-state index in [0.29, 0.717) is 130 Å². The Morgan fingerprint density at radius 2 is 0.744 bits per heavy atom. The number of nitrogens with zero attached hydrogens (tertiary/aromatic N) is 12. The molecule has 0 unspecified atom stereocenters. The molecule has 3 aromatic heterocycles. The van der Waals surface area contributed by atoms with Crippen molar-refractivity contribution in [1.82, 2.24) is 45.6 Å². The maximum absolute atomic E-state index is 14.7. The Bertz CT molecular complexity index is 5230. The second kappa shape index (κ2) is 36.6. The van der Waals surface area contributed by atoms with E-state index in [-0.39, 0.29) is 56.4 Å². The Balaban J connectivity index is 0.000000145. The lowest BCUT2D eigenvalue weighted by Gasteiger charge is -2.40. The van der Waals surface area contributed by atoms with E-state index in [1.165, 1.54) is 76.8 Å². The number of hydrogen-bond donors (Lipinski definition) is 3. The number of aromatic nitrogens is 3. The Kier molecular flexibility index (Phi) is 26.6. The van der Waals surface area contributed by atoms with Crippen molar-refractivity contribution in [2.75, 3.05) is 108 Å². The zero-order valence-corrected chi connectivity index (χ0v) is 70.9. The third-order valence-electron chi connectivity index (χ3n) is 20.6. The summed E-state index contributed by atoms with van der Waals surface area (Å²) in [5.41, 5.74) is 5.91.